The molecule has 0 aromatic heterocycles. The Hall–Kier alpha value is -0.465. The Labute approximate surface area is 132 Å². The molecule has 2 radical (unpaired) electrons. The number of fused-ring (bicyclic) bond motifs is 1. The van der Waals surface area contributed by atoms with Gasteiger partial charge in [0, 0.05) is 18.5 Å². The zero-order chi connectivity index (χ0) is 15.8. The van der Waals surface area contributed by atoms with Gasteiger partial charge in [0.15, 0.2) is 0 Å². The average Bonchev–Trinajstić information content (AvgIpc) is 2.35. The minimum atomic E-state index is 0.213. The summed E-state index contributed by atoms with van der Waals surface area (Å²) in [4.78, 5) is 14.9. The van der Waals surface area contributed by atoms with E-state index in [9.17, 15) is 4.79 Å². The normalized spacial score (nSPS) is 38.3. The molecule has 1 saturated carbocycles. The Bertz CT molecular complexity index is 381. The number of rotatable bonds is 2. The molecule has 1 saturated heterocycles. The fourth-order valence-electron chi connectivity index (χ4n) is 4.40. The highest BCUT2D eigenvalue weighted by Crippen LogP contribution is 2.48. The van der Waals surface area contributed by atoms with Gasteiger partial charge in [0.1, 0.15) is 0 Å². The van der Waals surface area contributed by atoms with Crippen molar-refractivity contribution < 1.29 is 4.79 Å². The molecule has 0 N–H and O–H groups in total. The minimum Gasteiger partial charge on any atom is -0.340 e. The molecule has 118 valence electrons. The summed E-state index contributed by atoms with van der Waals surface area (Å²) >= 11 is 0. The summed E-state index contributed by atoms with van der Waals surface area (Å²) in [6.07, 6.45) is 5.44. The van der Waals surface area contributed by atoms with Crippen LogP contribution in [0.25, 0.3) is 0 Å². The van der Waals surface area contributed by atoms with E-state index in [2.05, 4.69) is 39.5 Å². The van der Waals surface area contributed by atoms with Crippen LogP contribution in [-0.2, 0) is 4.79 Å². The van der Waals surface area contributed by atoms with Gasteiger partial charge in [0.2, 0.25) is 5.91 Å². The molecule has 3 heteroatoms. The molecule has 1 amide bonds. The van der Waals surface area contributed by atoms with Gasteiger partial charge in [-0.2, -0.15) is 0 Å². The molecule has 1 heterocycles. The molecule has 2 aliphatic rings. The zero-order valence-electron chi connectivity index (χ0n) is 14.6. The number of nitrogens with zero attached hydrogens (tertiary/aromatic N) is 1. The molecule has 0 spiro atoms. The summed E-state index contributed by atoms with van der Waals surface area (Å²) < 4.78 is 0. The fourth-order valence-corrected chi connectivity index (χ4v) is 4.40. The van der Waals surface area contributed by atoms with Crippen molar-refractivity contribution in [2.24, 2.45) is 23.2 Å². The maximum atomic E-state index is 12.8. The average molecular weight is 289 g/mol. The van der Waals surface area contributed by atoms with Crippen LogP contribution in [0.3, 0.4) is 0 Å². The first-order valence-corrected chi connectivity index (χ1v) is 8.80. The highest BCUT2D eigenvalue weighted by molar-refractivity contribution is 6.11. The second-order valence-electron chi connectivity index (χ2n) is 8.34. The molecule has 0 bridgehead atoms. The summed E-state index contributed by atoms with van der Waals surface area (Å²) in [6.45, 7) is 12.2. The highest BCUT2D eigenvalue weighted by atomic mass is 16.2. The lowest BCUT2D eigenvalue weighted by atomic mass is 9.58. The molecule has 2 nitrogen and oxygen atoms in total. The van der Waals surface area contributed by atoms with E-state index in [1.165, 1.54) is 12.8 Å². The molecule has 2 fully saturated rings. The topological polar surface area (TPSA) is 20.3 Å². The first kappa shape index (κ1) is 16.9. The molecule has 0 aromatic rings. The van der Waals surface area contributed by atoms with Gasteiger partial charge < -0.3 is 4.90 Å². The van der Waals surface area contributed by atoms with Crippen LogP contribution >= 0.6 is 0 Å². The van der Waals surface area contributed by atoms with Crippen LogP contribution in [0, 0.1) is 23.2 Å². The number of carbonyl (C=O) groups excluding carboxylic acids is 1. The molecule has 2 rings (SSSR count). The van der Waals surface area contributed by atoms with Gasteiger partial charge in [0.05, 0.1) is 7.85 Å². The lowest BCUT2D eigenvalue weighted by Gasteiger charge is -2.47. The quantitative estimate of drug-likeness (QED) is 0.702. The third-order valence-corrected chi connectivity index (χ3v) is 6.23. The van der Waals surface area contributed by atoms with Crippen molar-refractivity contribution in [2.45, 2.75) is 78.6 Å². The summed E-state index contributed by atoms with van der Waals surface area (Å²) in [6, 6.07) is 0.328. The molecule has 4 atom stereocenters. The van der Waals surface area contributed by atoms with Crippen molar-refractivity contribution in [3.05, 3.63) is 0 Å². The molecule has 1 aliphatic heterocycles. The van der Waals surface area contributed by atoms with E-state index in [0.717, 1.165) is 25.8 Å². The summed E-state index contributed by atoms with van der Waals surface area (Å²) in [5, 5.41) is 0. The van der Waals surface area contributed by atoms with Gasteiger partial charge >= 0.3 is 0 Å². The van der Waals surface area contributed by atoms with Crippen molar-refractivity contribution in [2.75, 3.05) is 6.54 Å². The first-order valence-electron chi connectivity index (χ1n) is 8.80. The number of hydrogen-bond acceptors (Lipinski definition) is 1. The number of hydrogen-bond donors (Lipinski definition) is 0. The van der Waals surface area contributed by atoms with Crippen molar-refractivity contribution in [1.29, 1.82) is 0 Å². The lowest BCUT2D eigenvalue weighted by Crippen LogP contribution is -2.50. The van der Waals surface area contributed by atoms with E-state index in [-0.39, 0.29) is 17.2 Å². The molecular formula is C18H32BNO. The fraction of sp³-hybridized carbons (Fsp3) is 0.944. The van der Waals surface area contributed by atoms with E-state index in [0.29, 0.717) is 23.8 Å². The van der Waals surface area contributed by atoms with Crippen LogP contribution in [-0.4, -0.2) is 31.2 Å². The molecule has 4 unspecified atom stereocenters. The molecule has 21 heavy (non-hydrogen) atoms. The smallest absolute Gasteiger partial charge is 0.226 e. The Morgan fingerprint density at radius 3 is 2.38 bits per heavy atom. The van der Waals surface area contributed by atoms with Crippen LogP contribution in [0.1, 0.15) is 66.7 Å². The van der Waals surface area contributed by atoms with Gasteiger partial charge in [-0.15, -0.1) is 0 Å². The largest absolute Gasteiger partial charge is 0.340 e. The predicted octanol–water partition coefficient (Wildman–Crippen LogP) is 4.05. The number of piperidine rings is 1. The van der Waals surface area contributed by atoms with Crippen molar-refractivity contribution >= 4 is 13.8 Å². The predicted molar refractivity (Wildman–Crippen MR) is 89.4 cm³/mol. The molecule has 0 aromatic carbocycles. The van der Waals surface area contributed by atoms with Gasteiger partial charge in [-0.1, -0.05) is 39.4 Å². The Kier molecular flexibility index (Phi) is 5.10. The lowest BCUT2D eigenvalue weighted by molar-refractivity contribution is -0.145. The third-order valence-electron chi connectivity index (χ3n) is 6.23. The van der Waals surface area contributed by atoms with Crippen LogP contribution in [0.4, 0.5) is 0 Å². The van der Waals surface area contributed by atoms with Crippen LogP contribution < -0.4 is 0 Å². The second-order valence-corrected chi connectivity index (χ2v) is 8.34. The number of amides is 1. The van der Waals surface area contributed by atoms with Crippen LogP contribution in [0.5, 0.6) is 0 Å². The number of likely N-dealkylation sites (tertiary alicyclic amines) is 1. The Morgan fingerprint density at radius 2 is 1.81 bits per heavy atom. The Morgan fingerprint density at radius 1 is 1.14 bits per heavy atom. The molecule has 1 aliphatic carbocycles. The monoisotopic (exact) mass is 289 g/mol. The maximum Gasteiger partial charge on any atom is 0.226 e. The minimum absolute atomic E-state index is 0.213. The second kappa shape index (κ2) is 6.34. The van der Waals surface area contributed by atoms with Gasteiger partial charge in [-0.25, -0.2) is 0 Å². The summed E-state index contributed by atoms with van der Waals surface area (Å²) in [5.74, 6) is 2.04. The van der Waals surface area contributed by atoms with E-state index >= 15 is 0 Å². The van der Waals surface area contributed by atoms with E-state index < -0.39 is 0 Å². The zero-order valence-corrected chi connectivity index (χ0v) is 14.6. The maximum absolute atomic E-state index is 12.8. The highest BCUT2D eigenvalue weighted by Gasteiger charge is 2.43. The third kappa shape index (κ3) is 3.48. The van der Waals surface area contributed by atoms with Gasteiger partial charge in [0.25, 0.3) is 0 Å². The standard InChI is InChI=1S/C18H32BNO/c1-12(2)18(5)10-14-8-9-20(13(3)4)17(21)16(14)7-6-15(19)11-18/h12-16H,6-11H2,1-5H3. The van der Waals surface area contributed by atoms with E-state index in [1.54, 1.807) is 0 Å². The van der Waals surface area contributed by atoms with Crippen molar-refractivity contribution in [3.8, 4) is 0 Å². The summed E-state index contributed by atoms with van der Waals surface area (Å²) in [7, 11) is 6.35. The van der Waals surface area contributed by atoms with Crippen LogP contribution in [0.2, 0.25) is 5.82 Å². The van der Waals surface area contributed by atoms with Gasteiger partial charge in [-0.05, 0) is 50.4 Å². The van der Waals surface area contributed by atoms with E-state index in [1.807, 2.05) is 0 Å². The Balaban J connectivity index is 2.21. The summed E-state index contributed by atoms with van der Waals surface area (Å²) in [5.41, 5.74) is 0.281. The van der Waals surface area contributed by atoms with Crippen molar-refractivity contribution in [3.63, 3.8) is 0 Å². The SMILES string of the molecule is [B]C1CCC2C(=O)N(C(C)C)CCC2CC(C)(C(C)C)C1. The van der Waals surface area contributed by atoms with Crippen LogP contribution in [0.15, 0.2) is 0 Å². The number of carbonyl (C=O) groups is 1. The van der Waals surface area contributed by atoms with E-state index in [4.69, 9.17) is 7.85 Å². The first-order chi connectivity index (χ1) is 9.74. The van der Waals surface area contributed by atoms with Crippen molar-refractivity contribution in [1.82, 2.24) is 4.90 Å². The molecular weight excluding hydrogens is 257 g/mol. The van der Waals surface area contributed by atoms with Gasteiger partial charge in [-0.3, -0.25) is 4.79 Å².